The summed E-state index contributed by atoms with van der Waals surface area (Å²) >= 11 is 3.24. The Balaban J connectivity index is 2.82. The van der Waals surface area contributed by atoms with Crippen LogP contribution in [0.1, 0.15) is 5.82 Å². The topological polar surface area (TPSA) is 43.1 Å². The molecule has 0 saturated heterocycles. The highest BCUT2D eigenvalue weighted by Crippen LogP contribution is 2.05. The maximum Gasteiger partial charge on any atom is 0.173 e. The predicted octanol–water partition coefficient (Wildman–Crippen LogP) is 1.20. The molecule has 0 saturated carbocycles. The van der Waals surface area contributed by atoms with Gasteiger partial charge in [0.2, 0.25) is 0 Å². The zero-order chi connectivity index (χ0) is 7.84. The van der Waals surface area contributed by atoms with Gasteiger partial charge in [-0.1, -0.05) is 0 Å². The monoisotopic (exact) mass is 212 g/mol. The lowest BCUT2D eigenvalue weighted by atomic mass is 10.7. The average molecular weight is 213 g/mol. The van der Waals surface area contributed by atoms with Gasteiger partial charge in [0.25, 0.3) is 0 Å². The van der Waals surface area contributed by atoms with Crippen LogP contribution in [0.4, 0.5) is 0 Å². The fraction of sp³-hybridized carbons (Fsp3) is 0.167. The molecule has 0 aromatic carbocycles. The zero-order valence-electron chi connectivity index (χ0n) is 5.82. The molecule has 0 fully saturated rings. The van der Waals surface area contributed by atoms with Gasteiger partial charge >= 0.3 is 0 Å². The molecule has 0 unspecified atom stereocenters. The van der Waals surface area contributed by atoms with Crippen molar-refractivity contribution in [1.29, 1.82) is 0 Å². The van der Waals surface area contributed by atoms with E-state index in [0.717, 1.165) is 16.1 Å². The van der Waals surface area contributed by atoms with Gasteiger partial charge < -0.3 is 0 Å². The standard InChI is InChI=1S/C6H5BrN4/c1-4-9-6-2-8-5(7)3-11(6)10-4/h2-3H,1H3. The normalized spacial score (nSPS) is 10.7. The molecule has 4 nitrogen and oxygen atoms in total. The largest absolute Gasteiger partial charge is 0.244 e. The summed E-state index contributed by atoms with van der Waals surface area (Å²) < 4.78 is 2.45. The molecule has 0 aliphatic carbocycles. The third-order valence-electron chi connectivity index (χ3n) is 1.30. The Morgan fingerprint density at radius 3 is 3.18 bits per heavy atom. The van der Waals surface area contributed by atoms with E-state index in [1.54, 1.807) is 16.9 Å². The molecule has 2 aromatic rings. The van der Waals surface area contributed by atoms with Crippen molar-refractivity contribution in [3.8, 4) is 0 Å². The summed E-state index contributed by atoms with van der Waals surface area (Å²) in [4.78, 5) is 8.14. The van der Waals surface area contributed by atoms with E-state index in [1.165, 1.54) is 0 Å². The van der Waals surface area contributed by atoms with Gasteiger partial charge in [-0.15, -0.1) is 0 Å². The summed E-state index contributed by atoms with van der Waals surface area (Å²) in [5.41, 5.74) is 0.769. The van der Waals surface area contributed by atoms with Gasteiger partial charge in [-0.3, -0.25) is 0 Å². The van der Waals surface area contributed by atoms with Gasteiger partial charge in [-0.2, -0.15) is 5.10 Å². The van der Waals surface area contributed by atoms with E-state index in [1.807, 2.05) is 6.92 Å². The van der Waals surface area contributed by atoms with Crippen molar-refractivity contribution in [3.63, 3.8) is 0 Å². The lowest BCUT2D eigenvalue weighted by molar-refractivity contribution is 0.913. The molecule has 0 radical (unpaired) electrons. The number of rotatable bonds is 0. The minimum atomic E-state index is 0.755. The number of aryl methyl sites for hydroxylation is 1. The lowest BCUT2D eigenvalue weighted by Gasteiger charge is -1.89. The Bertz CT molecular complexity index is 394. The molecule has 0 N–H and O–H groups in total. The Morgan fingerprint density at radius 2 is 2.36 bits per heavy atom. The van der Waals surface area contributed by atoms with Crippen LogP contribution in [0.5, 0.6) is 0 Å². The fourth-order valence-corrected chi connectivity index (χ4v) is 1.18. The van der Waals surface area contributed by atoms with Crippen LogP contribution in [-0.2, 0) is 0 Å². The Labute approximate surface area is 71.4 Å². The van der Waals surface area contributed by atoms with Crippen molar-refractivity contribution in [2.24, 2.45) is 0 Å². The van der Waals surface area contributed by atoms with Crippen molar-refractivity contribution >= 4 is 21.6 Å². The number of hydrogen-bond donors (Lipinski definition) is 0. The minimum absolute atomic E-state index is 0.755. The summed E-state index contributed by atoms with van der Waals surface area (Å²) in [5, 5.41) is 4.11. The SMILES string of the molecule is Cc1nc2cnc(Br)cn2n1. The van der Waals surface area contributed by atoms with Crippen LogP contribution >= 0.6 is 15.9 Å². The van der Waals surface area contributed by atoms with Crippen molar-refractivity contribution in [3.05, 3.63) is 22.8 Å². The highest BCUT2D eigenvalue weighted by molar-refractivity contribution is 9.10. The second-order valence-electron chi connectivity index (χ2n) is 2.17. The molecule has 0 amide bonds. The van der Waals surface area contributed by atoms with Crippen LogP contribution in [0, 0.1) is 6.92 Å². The average Bonchev–Trinajstić information content (AvgIpc) is 2.27. The predicted molar refractivity (Wildman–Crippen MR) is 43.2 cm³/mol. The number of halogens is 1. The van der Waals surface area contributed by atoms with Gasteiger partial charge in [0, 0.05) is 0 Å². The molecule has 5 heteroatoms. The van der Waals surface area contributed by atoms with Gasteiger partial charge in [0.05, 0.1) is 12.4 Å². The number of fused-ring (bicyclic) bond motifs is 1. The van der Waals surface area contributed by atoms with Crippen molar-refractivity contribution < 1.29 is 0 Å². The maximum atomic E-state index is 4.12. The first-order valence-corrected chi connectivity index (χ1v) is 3.89. The van der Waals surface area contributed by atoms with Crippen LogP contribution < -0.4 is 0 Å². The van der Waals surface area contributed by atoms with Crippen LogP contribution in [-0.4, -0.2) is 19.6 Å². The quantitative estimate of drug-likeness (QED) is 0.660. The summed E-state index contributed by atoms with van der Waals surface area (Å²) in [5.74, 6) is 0.755. The van der Waals surface area contributed by atoms with Crippen molar-refractivity contribution in [2.75, 3.05) is 0 Å². The van der Waals surface area contributed by atoms with E-state index in [0.29, 0.717) is 0 Å². The molecule has 2 aromatic heterocycles. The minimum Gasteiger partial charge on any atom is -0.244 e. The molecule has 0 spiro atoms. The van der Waals surface area contributed by atoms with Gasteiger partial charge in [0.15, 0.2) is 5.65 Å². The molecular weight excluding hydrogens is 208 g/mol. The Hall–Kier alpha value is -0.970. The highest BCUT2D eigenvalue weighted by Gasteiger charge is 1.98. The highest BCUT2D eigenvalue weighted by atomic mass is 79.9. The zero-order valence-corrected chi connectivity index (χ0v) is 7.41. The third kappa shape index (κ3) is 1.11. The van der Waals surface area contributed by atoms with Crippen molar-refractivity contribution in [2.45, 2.75) is 6.92 Å². The summed E-state index contributed by atoms with van der Waals surface area (Å²) in [6, 6.07) is 0. The second-order valence-corrected chi connectivity index (χ2v) is 2.98. The van der Waals surface area contributed by atoms with E-state index in [4.69, 9.17) is 0 Å². The maximum absolute atomic E-state index is 4.12. The smallest absolute Gasteiger partial charge is 0.173 e. The van der Waals surface area contributed by atoms with Gasteiger partial charge in [0.1, 0.15) is 10.4 Å². The van der Waals surface area contributed by atoms with Crippen LogP contribution in [0.2, 0.25) is 0 Å². The fourth-order valence-electron chi connectivity index (χ4n) is 0.883. The van der Waals surface area contributed by atoms with Crippen LogP contribution in [0.15, 0.2) is 17.0 Å². The molecular formula is C6H5BrN4. The van der Waals surface area contributed by atoms with E-state index >= 15 is 0 Å². The van der Waals surface area contributed by atoms with E-state index in [-0.39, 0.29) is 0 Å². The van der Waals surface area contributed by atoms with E-state index in [9.17, 15) is 0 Å². The van der Waals surface area contributed by atoms with Gasteiger partial charge in [-0.25, -0.2) is 14.5 Å². The Kier molecular flexibility index (Phi) is 1.38. The molecule has 2 rings (SSSR count). The second kappa shape index (κ2) is 2.27. The first-order chi connectivity index (χ1) is 5.25. The molecule has 0 aliphatic heterocycles. The number of hydrogen-bond acceptors (Lipinski definition) is 3. The van der Waals surface area contributed by atoms with Crippen LogP contribution in [0.25, 0.3) is 5.65 Å². The first kappa shape index (κ1) is 6.72. The summed E-state index contributed by atoms with van der Waals surface area (Å²) in [6.45, 7) is 1.85. The van der Waals surface area contributed by atoms with Crippen molar-refractivity contribution in [1.82, 2.24) is 19.6 Å². The lowest BCUT2D eigenvalue weighted by Crippen LogP contribution is -1.88. The van der Waals surface area contributed by atoms with Crippen LogP contribution in [0.3, 0.4) is 0 Å². The molecule has 11 heavy (non-hydrogen) atoms. The molecule has 0 bridgehead atoms. The van der Waals surface area contributed by atoms with E-state index in [2.05, 4.69) is 31.0 Å². The number of aromatic nitrogens is 4. The molecule has 56 valence electrons. The third-order valence-corrected chi connectivity index (χ3v) is 1.71. The molecule has 0 atom stereocenters. The first-order valence-electron chi connectivity index (χ1n) is 3.10. The molecule has 0 aliphatic rings. The summed E-state index contributed by atoms with van der Waals surface area (Å²) in [6.07, 6.45) is 3.44. The number of nitrogens with zero attached hydrogens (tertiary/aromatic N) is 4. The Morgan fingerprint density at radius 1 is 1.55 bits per heavy atom. The van der Waals surface area contributed by atoms with E-state index < -0.39 is 0 Å². The molecule has 2 heterocycles. The van der Waals surface area contributed by atoms with Gasteiger partial charge in [-0.05, 0) is 22.9 Å². The summed E-state index contributed by atoms with van der Waals surface area (Å²) in [7, 11) is 0.